The highest BCUT2D eigenvalue weighted by atomic mass is 35.5. The van der Waals surface area contributed by atoms with Crippen molar-refractivity contribution in [2.75, 3.05) is 0 Å². The Bertz CT molecular complexity index is 514. The van der Waals surface area contributed by atoms with Gasteiger partial charge in [-0.2, -0.15) is 5.21 Å². The Hall–Kier alpha value is -1.17. The van der Waals surface area contributed by atoms with Crippen LogP contribution in [0.25, 0.3) is 0 Å². The van der Waals surface area contributed by atoms with Gasteiger partial charge in [-0.1, -0.05) is 5.10 Å². The molecule has 4 aliphatic rings. The Morgan fingerprint density at radius 3 is 2.63 bits per heavy atom. The quantitative estimate of drug-likeness (QED) is 0.500. The highest BCUT2D eigenvalue weighted by molar-refractivity contribution is 6.24. The first-order chi connectivity index (χ1) is 9.07. The molecule has 0 amide bonds. The Morgan fingerprint density at radius 2 is 2.05 bits per heavy atom. The standard InChI is InChI=1S/C12H16ClN5O/c13-12-4-7-1-8(5-12)3-11(2-7,6-12)9(19)14-10-15-17-18-16-10/h7-8H,1-6H2,(H2,14,15,16,17,18,19)/p-1/t7-,8+,11?,12?. The number of alkyl halides is 1. The largest absolute Gasteiger partial charge is 0.861 e. The first-order valence-corrected chi connectivity index (χ1v) is 7.13. The predicted molar refractivity (Wildman–Crippen MR) is 67.0 cm³/mol. The molecule has 0 radical (unpaired) electrons. The number of rotatable bonds is 2. The summed E-state index contributed by atoms with van der Waals surface area (Å²) in [5, 5.41) is 25.8. The van der Waals surface area contributed by atoms with Crippen LogP contribution in [0.15, 0.2) is 4.99 Å². The average molecular weight is 281 g/mol. The second-order valence-electron chi connectivity index (χ2n) is 6.52. The van der Waals surface area contributed by atoms with E-state index in [2.05, 4.69) is 25.6 Å². The third kappa shape index (κ3) is 1.76. The molecule has 4 saturated carbocycles. The molecule has 1 N–H and O–H groups in total. The van der Waals surface area contributed by atoms with E-state index >= 15 is 0 Å². The van der Waals surface area contributed by atoms with Crippen molar-refractivity contribution in [3.05, 3.63) is 0 Å². The van der Waals surface area contributed by atoms with Gasteiger partial charge in [-0.15, -0.1) is 16.7 Å². The number of H-pyrrole nitrogens is 1. The fourth-order valence-electron chi connectivity index (χ4n) is 4.81. The van der Waals surface area contributed by atoms with Gasteiger partial charge in [0.1, 0.15) is 0 Å². The maximum absolute atomic E-state index is 12.6. The summed E-state index contributed by atoms with van der Waals surface area (Å²) in [5.41, 5.74) is -0.369. The lowest BCUT2D eigenvalue weighted by Gasteiger charge is -2.61. The fourth-order valence-corrected chi connectivity index (χ4v) is 5.51. The van der Waals surface area contributed by atoms with E-state index in [1.807, 2.05) is 0 Å². The smallest absolute Gasteiger partial charge is 0.287 e. The highest BCUT2D eigenvalue weighted by Crippen LogP contribution is 2.63. The van der Waals surface area contributed by atoms with Crippen LogP contribution in [-0.2, 0) is 0 Å². The molecule has 102 valence electrons. The minimum atomic E-state index is -0.369. The van der Waals surface area contributed by atoms with Crippen LogP contribution in [0.1, 0.15) is 38.5 Å². The summed E-state index contributed by atoms with van der Waals surface area (Å²) < 4.78 is 0. The number of hydrogen-bond donors (Lipinski definition) is 1. The Balaban J connectivity index is 1.70. The van der Waals surface area contributed by atoms with E-state index in [0.29, 0.717) is 11.8 Å². The third-order valence-electron chi connectivity index (χ3n) is 4.98. The van der Waals surface area contributed by atoms with E-state index in [0.717, 1.165) is 32.1 Å². The van der Waals surface area contributed by atoms with Crippen LogP contribution in [0, 0.1) is 17.3 Å². The van der Waals surface area contributed by atoms with E-state index < -0.39 is 0 Å². The van der Waals surface area contributed by atoms with Crippen molar-refractivity contribution in [2.45, 2.75) is 43.4 Å². The molecule has 7 heteroatoms. The molecule has 4 aliphatic carbocycles. The molecule has 0 aromatic carbocycles. The van der Waals surface area contributed by atoms with E-state index in [1.165, 1.54) is 6.42 Å². The Kier molecular flexibility index (Phi) is 2.26. The van der Waals surface area contributed by atoms with Crippen molar-refractivity contribution in [3.63, 3.8) is 0 Å². The van der Waals surface area contributed by atoms with Crippen molar-refractivity contribution in [1.82, 2.24) is 20.6 Å². The van der Waals surface area contributed by atoms with Gasteiger partial charge in [-0.25, -0.2) is 4.99 Å². The Labute approximate surface area is 115 Å². The molecule has 6 nitrogen and oxygen atoms in total. The third-order valence-corrected chi connectivity index (χ3v) is 5.42. The van der Waals surface area contributed by atoms with Crippen LogP contribution >= 0.6 is 11.6 Å². The van der Waals surface area contributed by atoms with Crippen LogP contribution in [0.5, 0.6) is 0 Å². The van der Waals surface area contributed by atoms with E-state index in [1.54, 1.807) is 0 Å². The molecule has 1 aromatic rings. The SMILES string of the molecule is [O-]C(=Nc1nn[nH]n1)C12C[C@@H]3C[C@@H](CC(Cl)(C3)C1)C2. The molecule has 0 spiro atoms. The normalized spacial score (nSPS) is 44.8. The summed E-state index contributed by atoms with van der Waals surface area (Å²) in [4.78, 5) is 3.85. The maximum Gasteiger partial charge on any atom is 0.287 e. The van der Waals surface area contributed by atoms with Crippen molar-refractivity contribution < 1.29 is 5.11 Å². The molecule has 5 rings (SSSR count). The van der Waals surface area contributed by atoms with Gasteiger partial charge in [0.05, 0.1) is 0 Å². The van der Waals surface area contributed by atoms with Crippen molar-refractivity contribution in [3.8, 4) is 0 Å². The summed E-state index contributed by atoms with van der Waals surface area (Å²) in [5.74, 6) is 1.20. The summed E-state index contributed by atoms with van der Waals surface area (Å²) >= 11 is 6.70. The summed E-state index contributed by atoms with van der Waals surface area (Å²) in [7, 11) is 0. The number of aromatic amines is 1. The van der Waals surface area contributed by atoms with Gasteiger partial charge in [0, 0.05) is 10.3 Å². The minimum absolute atomic E-state index is 0.104. The van der Waals surface area contributed by atoms with Crippen LogP contribution in [-0.4, -0.2) is 31.4 Å². The van der Waals surface area contributed by atoms with Crippen LogP contribution in [0.4, 0.5) is 5.95 Å². The number of aliphatic imine (C=N–C) groups is 1. The number of aromatic nitrogens is 4. The summed E-state index contributed by atoms with van der Waals surface area (Å²) in [6, 6.07) is 0. The lowest BCUT2D eigenvalue weighted by molar-refractivity contribution is -0.240. The van der Waals surface area contributed by atoms with Crippen molar-refractivity contribution in [2.24, 2.45) is 22.2 Å². The van der Waals surface area contributed by atoms with Crippen LogP contribution < -0.4 is 5.11 Å². The topological polar surface area (TPSA) is 89.9 Å². The van der Waals surface area contributed by atoms with Gasteiger partial charge < -0.3 is 5.11 Å². The highest BCUT2D eigenvalue weighted by Gasteiger charge is 2.57. The molecule has 0 aliphatic heterocycles. The molecule has 0 saturated heterocycles. The minimum Gasteiger partial charge on any atom is -0.861 e. The van der Waals surface area contributed by atoms with Gasteiger partial charge >= 0.3 is 0 Å². The number of nitrogens with one attached hydrogen (secondary N) is 1. The maximum atomic E-state index is 12.6. The van der Waals surface area contributed by atoms with Gasteiger partial charge in [-0.3, -0.25) is 0 Å². The first kappa shape index (κ1) is 11.6. The monoisotopic (exact) mass is 280 g/mol. The summed E-state index contributed by atoms with van der Waals surface area (Å²) in [6.45, 7) is 0. The van der Waals surface area contributed by atoms with Gasteiger partial charge in [0.15, 0.2) is 0 Å². The zero-order valence-corrected chi connectivity index (χ0v) is 11.2. The first-order valence-electron chi connectivity index (χ1n) is 6.76. The second kappa shape index (κ2) is 3.69. The number of hydrogen-bond acceptors (Lipinski definition) is 5. The van der Waals surface area contributed by atoms with Gasteiger partial charge in [0.25, 0.3) is 5.95 Å². The lowest BCUT2D eigenvalue weighted by atomic mass is 9.49. The molecule has 2 unspecified atom stereocenters. The van der Waals surface area contributed by atoms with Crippen LogP contribution in [0.3, 0.4) is 0 Å². The number of nitrogens with zero attached hydrogens (tertiary/aromatic N) is 4. The zero-order valence-electron chi connectivity index (χ0n) is 10.5. The van der Waals surface area contributed by atoms with Crippen molar-refractivity contribution >= 4 is 23.4 Å². The predicted octanol–water partition coefficient (Wildman–Crippen LogP) is 1.17. The fraction of sp³-hybridized carbons (Fsp3) is 0.833. The van der Waals surface area contributed by atoms with Crippen molar-refractivity contribution in [1.29, 1.82) is 0 Å². The molecule has 4 atom stereocenters. The molecular formula is C12H15ClN5O-. The summed E-state index contributed by atoms with van der Waals surface area (Å²) in [6.07, 6.45) is 5.96. The zero-order chi connectivity index (χ0) is 13.1. The van der Waals surface area contributed by atoms with E-state index in [4.69, 9.17) is 11.6 Å². The van der Waals surface area contributed by atoms with E-state index in [-0.39, 0.29) is 22.1 Å². The molecule has 4 fully saturated rings. The van der Waals surface area contributed by atoms with Gasteiger partial charge in [0.2, 0.25) is 0 Å². The van der Waals surface area contributed by atoms with Gasteiger partial charge in [-0.05, 0) is 61.5 Å². The molecule has 4 bridgehead atoms. The van der Waals surface area contributed by atoms with E-state index in [9.17, 15) is 5.11 Å². The average Bonchev–Trinajstić information content (AvgIpc) is 2.78. The number of tetrazole rings is 1. The molecule has 19 heavy (non-hydrogen) atoms. The molecule has 1 heterocycles. The van der Waals surface area contributed by atoms with Crippen LogP contribution in [0.2, 0.25) is 0 Å². The molecule has 1 aromatic heterocycles. The Morgan fingerprint density at radius 1 is 1.32 bits per heavy atom. The lowest BCUT2D eigenvalue weighted by Crippen LogP contribution is -2.58. The molecular weight excluding hydrogens is 266 g/mol. The second-order valence-corrected chi connectivity index (χ2v) is 7.32. The number of halogens is 1.